The van der Waals surface area contributed by atoms with Gasteiger partial charge >= 0.3 is 0 Å². The predicted octanol–water partition coefficient (Wildman–Crippen LogP) is 1.38. The summed E-state index contributed by atoms with van der Waals surface area (Å²) in [6.45, 7) is 1.91. The van der Waals surface area contributed by atoms with Crippen molar-refractivity contribution in [2.45, 2.75) is 6.92 Å². The molecule has 0 aliphatic carbocycles. The molecule has 0 radical (unpaired) electrons. The summed E-state index contributed by atoms with van der Waals surface area (Å²) in [5.41, 5.74) is 2.14. The van der Waals surface area contributed by atoms with Crippen LogP contribution < -0.4 is 5.32 Å². The maximum atomic E-state index is 11.1. The van der Waals surface area contributed by atoms with Crippen molar-refractivity contribution in [3.8, 4) is 0 Å². The van der Waals surface area contributed by atoms with Crippen molar-refractivity contribution < 1.29 is 11.0 Å². The highest BCUT2D eigenvalue weighted by atomic mass is 16.2. The molecule has 0 fully saturated rings. The molecule has 1 N–H and O–H groups in total. The second-order valence-electron chi connectivity index (χ2n) is 2.83. The Bertz CT molecular complexity index is 387. The van der Waals surface area contributed by atoms with Crippen LogP contribution in [0.25, 0.3) is 0 Å². The van der Waals surface area contributed by atoms with Gasteiger partial charge in [0.1, 0.15) is 0 Å². The van der Waals surface area contributed by atoms with E-state index in [1.807, 2.05) is 13.0 Å². The Morgan fingerprint density at radius 2 is 2.08 bits per heavy atom. The van der Waals surface area contributed by atoms with Gasteiger partial charge in [-0.1, -0.05) is 6.07 Å². The summed E-state index contributed by atoms with van der Waals surface area (Å²) < 4.78 is 0. The number of Topliss-reactive ketones (excluding diaryl/α,β-unsaturated/α-hetero) is 1. The van der Waals surface area contributed by atoms with Gasteiger partial charge in [0, 0.05) is 1.43 Å². The monoisotopic (exact) mass is 163 g/mol. The van der Waals surface area contributed by atoms with Gasteiger partial charge in [-0.3, -0.25) is 9.59 Å². The second-order valence-corrected chi connectivity index (χ2v) is 2.83. The van der Waals surface area contributed by atoms with Crippen LogP contribution in [0.5, 0.6) is 0 Å². The number of carbonyl (C=O) groups excluding carboxylic acids is 2. The number of benzene rings is 1. The number of anilines is 1. The second kappa shape index (κ2) is 2.17. The SMILES string of the molecule is Cc1ccc2c(c1)NC(=O)C2=O.[HH]. The summed E-state index contributed by atoms with van der Waals surface area (Å²) >= 11 is 0. The number of carbonyl (C=O) groups is 2. The average molecular weight is 163 g/mol. The lowest BCUT2D eigenvalue weighted by atomic mass is 10.1. The molecule has 3 heteroatoms. The molecule has 0 bridgehead atoms. The lowest BCUT2D eigenvalue weighted by Crippen LogP contribution is -2.12. The van der Waals surface area contributed by atoms with Crippen molar-refractivity contribution >= 4 is 17.4 Å². The van der Waals surface area contributed by atoms with Crippen molar-refractivity contribution in [1.29, 1.82) is 0 Å². The highest BCUT2D eigenvalue weighted by Gasteiger charge is 2.27. The Morgan fingerprint density at radius 3 is 2.83 bits per heavy atom. The number of hydrogen-bond donors (Lipinski definition) is 1. The van der Waals surface area contributed by atoms with Gasteiger partial charge in [-0.2, -0.15) is 0 Å². The molecular weight excluding hydrogens is 154 g/mol. The van der Waals surface area contributed by atoms with E-state index in [0.29, 0.717) is 11.3 Å². The minimum absolute atomic E-state index is 0. The number of aryl methyl sites for hydroxylation is 1. The highest BCUT2D eigenvalue weighted by molar-refractivity contribution is 6.51. The predicted molar refractivity (Wildman–Crippen MR) is 46.3 cm³/mol. The van der Waals surface area contributed by atoms with E-state index in [1.165, 1.54) is 0 Å². The smallest absolute Gasteiger partial charge is 0.296 e. The van der Waals surface area contributed by atoms with Crippen molar-refractivity contribution in [2.24, 2.45) is 0 Å². The van der Waals surface area contributed by atoms with Crippen LogP contribution in [-0.4, -0.2) is 11.7 Å². The van der Waals surface area contributed by atoms with Gasteiger partial charge in [-0.25, -0.2) is 0 Å². The van der Waals surface area contributed by atoms with Crippen LogP contribution >= 0.6 is 0 Å². The minimum atomic E-state index is -0.532. The molecule has 12 heavy (non-hydrogen) atoms. The van der Waals surface area contributed by atoms with E-state index in [0.717, 1.165) is 5.56 Å². The lowest BCUT2D eigenvalue weighted by Gasteiger charge is -1.96. The zero-order chi connectivity index (χ0) is 8.72. The molecule has 3 nitrogen and oxygen atoms in total. The van der Waals surface area contributed by atoms with E-state index in [-0.39, 0.29) is 1.43 Å². The van der Waals surface area contributed by atoms with Gasteiger partial charge in [0.15, 0.2) is 0 Å². The molecule has 0 atom stereocenters. The molecule has 1 aromatic carbocycles. The van der Waals surface area contributed by atoms with Crippen LogP contribution in [-0.2, 0) is 4.79 Å². The summed E-state index contributed by atoms with van der Waals surface area (Å²) in [4.78, 5) is 22.0. The van der Waals surface area contributed by atoms with Crippen molar-refractivity contribution in [3.05, 3.63) is 29.3 Å². The zero-order valence-electron chi connectivity index (χ0n) is 6.55. The molecule has 1 heterocycles. The molecule has 1 aromatic rings. The summed E-state index contributed by atoms with van der Waals surface area (Å²) in [7, 11) is 0. The van der Waals surface area contributed by atoms with Gasteiger partial charge < -0.3 is 5.32 Å². The van der Waals surface area contributed by atoms with Crippen molar-refractivity contribution in [1.82, 2.24) is 0 Å². The molecule has 62 valence electrons. The third-order valence-corrected chi connectivity index (χ3v) is 1.87. The third kappa shape index (κ3) is 0.830. The lowest BCUT2D eigenvalue weighted by molar-refractivity contribution is -0.112. The number of fused-ring (bicyclic) bond motifs is 1. The van der Waals surface area contributed by atoms with Gasteiger partial charge in [-0.05, 0) is 24.6 Å². The normalized spacial score (nSPS) is 14.4. The third-order valence-electron chi connectivity index (χ3n) is 1.87. The first-order chi connectivity index (χ1) is 5.68. The van der Waals surface area contributed by atoms with E-state index >= 15 is 0 Å². The fourth-order valence-electron chi connectivity index (χ4n) is 1.26. The summed E-state index contributed by atoms with van der Waals surface area (Å²) in [5.74, 6) is -0.972. The van der Waals surface area contributed by atoms with Crippen LogP contribution in [0.4, 0.5) is 5.69 Å². The van der Waals surface area contributed by atoms with E-state index in [9.17, 15) is 9.59 Å². The topological polar surface area (TPSA) is 46.2 Å². The number of nitrogens with one attached hydrogen (secondary N) is 1. The molecule has 0 saturated heterocycles. The number of ketones is 1. The number of rotatable bonds is 0. The van der Waals surface area contributed by atoms with E-state index < -0.39 is 11.7 Å². The summed E-state index contributed by atoms with van der Waals surface area (Å²) in [6.07, 6.45) is 0. The Hall–Kier alpha value is -1.64. The first kappa shape index (κ1) is 7.03. The number of hydrogen-bond acceptors (Lipinski definition) is 2. The average Bonchev–Trinajstić information content (AvgIpc) is 2.28. The quantitative estimate of drug-likeness (QED) is 0.587. The standard InChI is InChI=1S/C9H7NO2.H2/c1-5-2-3-6-7(4-5)10-9(12)8(6)11;/h2-4H,1H3,(H,10,11,12);1H. The molecular formula is C9H9NO2. The molecule has 1 aliphatic rings. The molecule has 0 aromatic heterocycles. The van der Waals surface area contributed by atoms with E-state index in [1.54, 1.807) is 12.1 Å². The van der Waals surface area contributed by atoms with Crippen molar-refractivity contribution in [2.75, 3.05) is 5.32 Å². The molecule has 1 aliphatic heterocycles. The van der Waals surface area contributed by atoms with Crippen LogP contribution in [0.2, 0.25) is 0 Å². The maximum Gasteiger partial charge on any atom is 0.296 e. The molecule has 2 rings (SSSR count). The Morgan fingerprint density at radius 1 is 1.33 bits per heavy atom. The van der Waals surface area contributed by atoms with E-state index in [2.05, 4.69) is 5.32 Å². The first-order valence-corrected chi connectivity index (χ1v) is 3.65. The zero-order valence-corrected chi connectivity index (χ0v) is 6.55. The van der Waals surface area contributed by atoms with Gasteiger partial charge in [0.05, 0.1) is 11.3 Å². The van der Waals surface area contributed by atoms with Gasteiger partial charge in [-0.15, -0.1) is 0 Å². The fourth-order valence-corrected chi connectivity index (χ4v) is 1.26. The Labute approximate surface area is 70.9 Å². The van der Waals surface area contributed by atoms with Gasteiger partial charge in [0.2, 0.25) is 0 Å². The van der Waals surface area contributed by atoms with Gasteiger partial charge in [0.25, 0.3) is 11.7 Å². The Balaban J connectivity index is 0.000000845. The minimum Gasteiger partial charge on any atom is -0.318 e. The summed E-state index contributed by atoms with van der Waals surface area (Å²) in [6, 6.07) is 5.28. The maximum absolute atomic E-state index is 11.1. The first-order valence-electron chi connectivity index (χ1n) is 3.65. The van der Waals surface area contributed by atoms with E-state index in [4.69, 9.17) is 0 Å². The fraction of sp³-hybridized carbons (Fsp3) is 0.111. The van der Waals surface area contributed by atoms with Crippen LogP contribution in [0.1, 0.15) is 17.3 Å². The summed E-state index contributed by atoms with van der Waals surface area (Å²) in [5, 5.41) is 2.50. The molecule has 1 amide bonds. The van der Waals surface area contributed by atoms with Crippen molar-refractivity contribution in [3.63, 3.8) is 0 Å². The molecule has 0 saturated carbocycles. The van der Waals surface area contributed by atoms with Crippen LogP contribution in [0, 0.1) is 6.92 Å². The number of amides is 1. The Kier molecular flexibility index (Phi) is 1.27. The van der Waals surface area contributed by atoms with Crippen LogP contribution in [0.15, 0.2) is 18.2 Å². The highest BCUT2D eigenvalue weighted by Crippen LogP contribution is 2.23. The largest absolute Gasteiger partial charge is 0.318 e. The molecule has 0 unspecified atom stereocenters. The van der Waals surface area contributed by atoms with Crippen LogP contribution in [0.3, 0.4) is 0 Å². The molecule has 0 spiro atoms.